The van der Waals surface area contributed by atoms with Crippen molar-refractivity contribution in [3.8, 4) is 39.1 Å². The van der Waals surface area contributed by atoms with E-state index in [0.717, 1.165) is 5.69 Å². The Morgan fingerprint density at radius 1 is 0.526 bits per heavy atom. The van der Waals surface area contributed by atoms with Gasteiger partial charge in [-0.25, -0.2) is 0 Å². The van der Waals surface area contributed by atoms with Crippen LogP contribution in [-0.2, 0) is 0 Å². The highest BCUT2D eigenvalue weighted by Crippen LogP contribution is 2.44. The van der Waals surface area contributed by atoms with E-state index >= 15 is 0 Å². The molecule has 3 nitrogen and oxygen atoms in total. The van der Waals surface area contributed by atoms with E-state index in [0.29, 0.717) is 0 Å². The van der Waals surface area contributed by atoms with E-state index in [-0.39, 0.29) is 0 Å². The van der Waals surface area contributed by atoms with E-state index in [9.17, 15) is 0 Å². The zero-order valence-corrected chi connectivity index (χ0v) is 20.6. The molecule has 3 heteroatoms. The number of aromatic amines is 1. The van der Waals surface area contributed by atoms with Gasteiger partial charge in [0, 0.05) is 46.8 Å². The van der Waals surface area contributed by atoms with E-state index in [4.69, 9.17) is 0 Å². The third-order valence-electron chi connectivity index (χ3n) is 7.73. The number of aromatic nitrogens is 3. The number of benzene rings is 4. The molecule has 2 aliphatic rings. The Labute approximate surface area is 220 Å². The summed E-state index contributed by atoms with van der Waals surface area (Å²) in [5.41, 5.74) is 11.0. The Morgan fingerprint density at radius 3 is 2.00 bits per heavy atom. The van der Waals surface area contributed by atoms with Crippen LogP contribution < -0.4 is 0 Å². The summed E-state index contributed by atoms with van der Waals surface area (Å²) >= 11 is 0. The van der Waals surface area contributed by atoms with Gasteiger partial charge in [0.1, 0.15) is 0 Å². The maximum absolute atomic E-state index is 4.37. The monoisotopic (exact) mass is 485 g/mol. The summed E-state index contributed by atoms with van der Waals surface area (Å²) in [6.07, 6.45) is 7.94. The predicted molar refractivity (Wildman–Crippen MR) is 158 cm³/mol. The van der Waals surface area contributed by atoms with E-state index in [1.165, 1.54) is 66.0 Å². The Balaban J connectivity index is 1.19. The standard InChI is InChI=1S/C35H23N3/c1-2-7-29-27(5-1)31-21-36-19-17-30(31)35(29)25-11-9-23(10-12-25)24-13-15-26(16-14-24)38-33-8-4-3-6-28(33)32-22-37-20-18-34(32)38/h1-22,36H. The van der Waals surface area contributed by atoms with E-state index in [1.807, 2.05) is 18.6 Å². The topological polar surface area (TPSA) is 33.6 Å². The van der Waals surface area contributed by atoms with Crippen molar-refractivity contribution in [1.82, 2.24) is 14.5 Å². The molecule has 0 spiro atoms. The molecule has 3 heterocycles. The summed E-state index contributed by atoms with van der Waals surface area (Å²) in [5.74, 6) is 0. The average Bonchev–Trinajstić information content (AvgIpc) is 3.51. The smallest absolute Gasteiger partial charge is 0.0571 e. The van der Waals surface area contributed by atoms with Crippen molar-refractivity contribution in [2.24, 2.45) is 0 Å². The lowest BCUT2D eigenvalue weighted by Crippen LogP contribution is -1.93. The van der Waals surface area contributed by atoms with Crippen molar-refractivity contribution < 1.29 is 0 Å². The van der Waals surface area contributed by atoms with Gasteiger partial charge >= 0.3 is 0 Å². The highest BCUT2D eigenvalue weighted by Gasteiger charge is 2.18. The van der Waals surface area contributed by atoms with Gasteiger partial charge in [-0.1, -0.05) is 78.9 Å². The molecule has 8 rings (SSSR count). The summed E-state index contributed by atoms with van der Waals surface area (Å²) in [5, 5.41) is 4.98. The summed E-state index contributed by atoms with van der Waals surface area (Å²) in [6, 6.07) is 39.3. The predicted octanol–water partition coefficient (Wildman–Crippen LogP) is 9.10. The Hall–Kier alpha value is -5.15. The number of nitrogens with zero attached hydrogens (tertiary/aromatic N) is 2. The molecule has 0 unspecified atom stereocenters. The van der Waals surface area contributed by atoms with Crippen LogP contribution in [-0.4, -0.2) is 14.5 Å². The molecule has 0 amide bonds. The molecule has 178 valence electrons. The molecule has 0 bridgehead atoms. The number of hydrogen-bond acceptors (Lipinski definition) is 1. The third-order valence-corrected chi connectivity index (χ3v) is 7.73. The second kappa shape index (κ2) is 8.19. The number of rotatable bonds is 3. The Morgan fingerprint density at radius 2 is 1.18 bits per heavy atom. The largest absolute Gasteiger partial charge is 0.367 e. The minimum atomic E-state index is 1.15. The van der Waals surface area contributed by atoms with Gasteiger partial charge in [-0.05, 0) is 68.9 Å². The first kappa shape index (κ1) is 21.0. The summed E-state index contributed by atoms with van der Waals surface area (Å²) in [4.78, 5) is 7.62. The third kappa shape index (κ3) is 3.06. The zero-order chi connectivity index (χ0) is 25.1. The molecule has 0 atom stereocenters. The van der Waals surface area contributed by atoms with Crippen molar-refractivity contribution >= 4 is 32.6 Å². The fourth-order valence-corrected chi connectivity index (χ4v) is 5.99. The van der Waals surface area contributed by atoms with Crippen molar-refractivity contribution in [2.45, 2.75) is 0 Å². The Kier molecular flexibility index (Phi) is 4.52. The van der Waals surface area contributed by atoms with Crippen LogP contribution >= 0.6 is 0 Å². The molecular formula is C35H23N3. The fourth-order valence-electron chi connectivity index (χ4n) is 5.99. The lowest BCUT2D eigenvalue weighted by Gasteiger charge is -2.10. The molecule has 0 radical (unpaired) electrons. The summed E-state index contributed by atoms with van der Waals surface area (Å²) < 4.78 is 2.32. The first-order valence-corrected chi connectivity index (χ1v) is 12.9. The van der Waals surface area contributed by atoms with Crippen molar-refractivity contribution in [3.63, 3.8) is 0 Å². The van der Waals surface area contributed by atoms with Gasteiger partial charge in [-0.3, -0.25) is 4.98 Å². The first-order chi connectivity index (χ1) is 18.9. The quantitative estimate of drug-likeness (QED) is 0.266. The van der Waals surface area contributed by atoms with Crippen LogP contribution in [0.5, 0.6) is 0 Å². The van der Waals surface area contributed by atoms with Crippen LogP contribution in [0.2, 0.25) is 0 Å². The van der Waals surface area contributed by atoms with Gasteiger partial charge in [0.05, 0.1) is 11.0 Å². The lowest BCUT2D eigenvalue weighted by atomic mass is 9.97. The number of nitrogens with one attached hydrogen (secondary N) is 1. The van der Waals surface area contributed by atoms with E-state index < -0.39 is 0 Å². The maximum atomic E-state index is 4.37. The molecule has 6 aromatic rings. The second-order valence-electron chi connectivity index (χ2n) is 9.76. The molecular weight excluding hydrogens is 462 g/mol. The Bertz CT molecular complexity index is 2000. The van der Waals surface area contributed by atoms with Crippen molar-refractivity contribution in [3.05, 3.63) is 134 Å². The van der Waals surface area contributed by atoms with Crippen LogP contribution in [0.3, 0.4) is 0 Å². The van der Waals surface area contributed by atoms with Crippen LogP contribution in [0.15, 0.2) is 134 Å². The van der Waals surface area contributed by atoms with Gasteiger partial charge in [-0.2, -0.15) is 0 Å². The lowest BCUT2D eigenvalue weighted by molar-refractivity contribution is 1.17. The number of pyridine rings is 2. The molecule has 1 aliphatic carbocycles. The van der Waals surface area contributed by atoms with Gasteiger partial charge in [0.25, 0.3) is 0 Å². The molecule has 4 aromatic carbocycles. The SMILES string of the molecule is c1ccc2c(-c3ccc(-c4ccc(-n5c6ccccc6c6cnccc65)cc4)cc3)c3cc[nH]cc-3c2c1. The molecule has 38 heavy (non-hydrogen) atoms. The molecule has 0 saturated heterocycles. The molecule has 0 saturated carbocycles. The van der Waals surface area contributed by atoms with Crippen LogP contribution in [0.1, 0.15) is 0 Å². The second-order valence-corrected chi connectivity index (χ2v) is 9.76. The zero-order valence-electron chi connectivity index (χ0n) is 20.6. The first-order valence-electron chi connectivity index (χ1n) is 12.9. The van der Waals surface area contributed by atoms with Gasteiger partial charge in [-0.15, -0.1) is 0 Å². The molecule has 0 fully saturated rings. The highest BCUT2D eigenvalue weighted by atomic mass is 15.0. The average molecular weight is 486 g/mol. The minimum Gasteiger partial charge on any atom is -0.367 e. The van der Waals surface area contributed by atoms with E-state index in [1.54, 1.807) is 0 Å². The fraction of sp³-hybridized carbons (Fsp3) is 0. The summed E-state index contributed by atoms with van der Waals surface area (Å²) in [6.45, 7) is 0. The number of para-hydroxylation sites is 1. The van der Waals surface area contributed by atoms with Gasteiger partial charge in [0.15, 0.2) is 0 Å². The van der Waals surface area contributed by atoms with E-state index in [2.05, 4.69) is 130 Å². The van der Waals surface area contributed by atoms with Crippen molar-refractivity contribution in [2.75, 3.05) is 0 Å². The van der Waals surface area contributed by atoms with Crippen LogP contribution in [0.25, 0.3) is 71.6 Å². The van der Waals surface area contributed by atoms with Gasteiger partial charge in [0.2, 0.25) is 0 Å². The molecule has 2 aromatic heterocycles. The number of H-pyrrole nitrogens is 1. The summed E-state index contributed by atoms with van der Waals surface area (Å²) in [7, 11) is 0. The number of hydrogen-bond donors (Lipinski definition) is 1. The minimum absolute atomic E-state index is 1.15. The molecule has 1 N–H and O–H groups in total. The van der Waals surface area contributed by atoms with Gasteiger partial charge < -0.3 is 9.55 Å². The number of fused-ring (bicyclic) bond motifs is 6. The highest BCUT2D eigenvalue weighted by molar-refractivity contribution is 6.14. The van der Waals surface area contributed by atoms with Crippen molar-refractivity contribution in [1.29, 1.82) is 0 Å². The normalized spacial score (nSPS) is 11.7. The molecule has 1 aliphatic heterocycles. The van der Waals surface area contributed by atoms with Crippen LogP contribution in [0, 0.1) is 0 Å². The van der Waals surface area contributed by atoms with Crippen LogP contribution in [0.4, 0.5) is 0 Å². The maximum Gasteiger partial charge on any atom is 0.0571 e.